The smallest absolute Gasteiger partial charge is 0.344 e. The number of rotatable bonds is 6. The lowest BCUT2D eigenvalue weighted by Crippen LogP contribution is -2.50. The molecule has 2 aliphatic rings. The summed E-state index contributed by atoms with van der Waals surface area (Å²) < 4.78 is 11.0. The fourth-order valence-corrected chi connectivity index (χ4v) is 2.98. The van der Waals surface area contributed by atoms with Crippen LogP contribution in [-0.2, 0) is 16.1 Å². The Kier molecular flexibility index (Phi) is 5.22. The second kappa shape index (κ2) is 7.43. The molecule has 0 saturated carbocycles. The highest BCUT2D eigenvalue weighted by Crippen LogP contribution is 2.31. The fraction of sp³-hybridized carbons (Fsp3) is 0.500. The number of nitrogens with zero attached hydrogens (tertiary/aromatic N) is 2. The van der Waals surface area contributed by atoms with Crippen LogP contribution in [0.1, 0.15) is 25.8 Å². The Morgan fingerprint density at radius 3 is 2.67 bits per heavy atom. The van der Waals surface area contributed by atoms with Crippen molar-refractivity contribution < 1.29 is 23.9 Å². The molecule has 1 atom stereocenters. The number of hydrogen-bond donors (Lipinski definition) is 2. The van der Waals surface area contributed by atoms with E-state index in [-0.39, 0.29) is 6.54 Å². The highest BCUT2D eigenvalue weighted by molar-refractivity contribution is 6.07. The number of amides is 4. The van der Waals surface area contributed by atoms with Gasteiger partial charge >= 0.3 is 6.03 Å². The molecule has 1 aromatic carbocycles. The fourth-order valence-electron chi connectivity index (χ4n) is 2.98. The maximum absolute atomic E-state index is 12.3. The van der Waals surface area contributed by atoms with Gasteiger partial charge in [-0.2, -0.15) is 5.01 Å². The van der Waals surface area contributed by atoms with Crippen LogP contribution >= 0.6 is 0 Å². The monoisotopic (exact) mass is 376 g/mol. The van der Waals surface area contributed by atoms with E-state index >= 15 is 0 Å². The molecule has 1 aromatic rings. The molecule has 3 rings (SSSR count). The van der Waals surface area contributed by atoms with Crippen molar-refractivity contribution in [3.8, 4) is 11.5 Å². The molecule has 0 aliphatic carbocycles. The van der Waals surface area contributed by atoms with Crippen molar-refractivity contribution in [2.24, 2.45) is 0 Å². The van der Waals surface area contributed by atoms with Gasteiger partial charge in [-0.25, -0.2) is 4.79 Å². The average Bonchev–Trinajstić information content (AvgIpc) is 2.85. The van der Waals surface area contributed by atoms with Gasteiger partial charge in [-0.3, -0.25) is 19.9 Å². The van der Waals surface area contributed by atoms with Crippen LogP contribution in [0, 0.1) is 0 Å². The predicted molar refractivity (Wildman–Crippen MR) is 96.0 cm³/mol. The number of carbonyl (C=O) groups excluding carboxylic acids is 3. The van der Waals surface area contributed by atoms with Crippen LogP contribution in [0.5, 0.6) is 11.5 Å². The predicted octanol–water partition coefficient (Wildman–Crippen LogP) is 0.641. The van der Waals surface area contributed by atoms with Crippen molar-refractivity contribution >= 4 is 17.8 Å². The lowest BCUT2D eigenvalue weighted by Gasteiger charge is -2.22. The summed E-state index contributed by atoms with van der Waals surface area (Å²) in [5, 5.41) is 3.34. The number of urea groups is 1. The van der Waals surface area contributed by atoms with E-state index in [2.05, 4.69) is 10.7 Å². The number of imide groups is 1. The van der Waals surface area contributed by atoms with Gasteiger partial charge in [0.1, 0.15) is 18.8 Å². The third kappa shape index (κ3) is 3.97. The van der Waals surface area contributed by atoms with Crippen molar-refractivity contribution in [1.82, 2.24) is 20.7 Å². The number of benzene rings is 1. The third-order valence-electron chi connectivity index (χ3n) is 4.68. The maximum atomic E-state index is 12.3. The van der Waals surface area contributed by atoms with Gasteiger partial charge in [-0.1, -0.05) is 13.0 Å². The van der Waals surface area contributed by atoms with Gasteiger partial charge in [0.25, 0.3) is 11.8 Å². The van der Waals surface area contributed by atoms with E-state index in [1.165, 1.54) is 0 Å². The van der Waals surface area contributed by atoms with Crippen molar-refractivity contribution in [3.63, 3.8) is 0 Å². The largest absolute Gasteiger partial charge is 0.486 e. The molecule has 1 saturated heterocycles. The van der Waals surface area contributed by atoms with E-state index < -0.39 is 23.4 Å². The zero-order valence-electron chi connectivity index (χ0n) is 15.7. The van der Waals surface area contributed by atoms with Crippen LogP contribution in [-0.4, -0.2) is 60.1 Å². The molecule has 1 fully saturated rings. The lowest BCUT2D eigenvalue weighted by molar-refractivity contribution is -0.139. The van der Waals surface area contributed by atoms with Crippen molar-refractivity contribution in [2.45, 2.75) is 32.4 Å². The molecule has 0 bridgehead atoms. The number of hydrogen-bond acceptors (Lipinski definition) is 6. The maximum Gasteiger partial charge on any atom is 0.344 e. The van der Waals surface area contributed by atoms with Crippen LogP contribution in [0.2, 0.25) is 0 Å². The van der Waals surface area contributed by atoms with E-state index in [1.807, 2.05) is 18.2 Å². The van der Waals surface area contributed by atoms with Gasteiger partial charge in [0.2, 0.25) is 0 Å². The molecule has 0 radical (unpaired) electrons. The Morgan fingerprint density at radius 1 is 1.30 bits per heavy atom. The number of nitrogens with one attached hydrogen (secondary N) is 2. The zero-order chi connectivity index (χ0) is 19.6. The van der Waals surface area contributed by atoms with Gasteiger partial charge in [-0.15, -0.1) is 0 Å². The molecule has 4 amide bonds. The highest BCUT2D eigenvalue weighted by atomic mass is 16.6. The molecule has 27 heavy (non-hydrogen) atoms. The topological polar surface area (TPSA) is 100 Å². The van der Waals surface area contributed by atoms with E-state index in [0.29, 0.717) is 37.7 Å². The Hall–Kier alpha value is -2.81. The summed E-state index contributed by atoms with van der Waals surface area (Å²) in [5.41, 5.74) is 2.36. The summed E-state index contributed by atoms with van der Waals surface area (Å²) in [6, 6.07) is 5.02. The van der Waals surface area contributed by atoms with Crippen LogP contribution in [0.4, 0.5) is 4.79 Å². The van der Waals surface area contributed by atoms with Gasteiger partial charge in [0.15, 0.2) is 11.5 Å². The Labute approximate surface area is 157 Å². The lowest BCUT2D eigenvalue weighted by atomic mass is 10.00. The first kappa shape index (κ1) is 19.0. The molecule has 146 valence electrons. The van der Waals surface area contributed by atoms with Crippen molar-refractivity contribution in [2.75, 3.05) is 26.8 Å². The number of ether oxygens (including phenoxy) is 2. The third-order valence-corrected chi connectivity index (χ3v) is 4.68. The molecule has 2 N–H and O–H groups in total. The standard InChI is InChI=1S/C18H24N4O5/c1-4-18(2)16(24)22(17(25)19-18)20-15(23)11-21(3)10-12-5-6-13-14(9-12)27-8-7-26-13/h5-6,9H,4,7-8,10-11H2,1-3H3,(H,19,25)(H,20,23)/t18-/m1/s1. The molecule has 2 aliphatic heterocycles. The quantitative estimate of drug-likeness (QED) is 0.707. The van der Waals surface area contributed by atoms with Gasteiger partial charge < -0.3 is 14.8 Å². The van der Waals surface area contributed by atoms with E-state index in [0.717, 1.165) is 10.6 Å². The van der Waals surface area contributed by atoms with E-state index in [1.54, 1.807) is 25.8 Å². The summed E-state index contributed by atoms with van der Waals surface area (Å²) in [6.45, 7) is 4.99. The van der Waals surface area contributed by atoms with Gasteiger partial charge in [-0.05, 0) is 38.1 Å². The summed E-state index contributed by atoms with van der Waals surface area (Å²) >= 11 is 0. The molecule has 0 aromatic heterocycles. The summed E-state index contributed by atoms with van der Waals surface area (Å²) in [7, 11) is 1.78. The Morgan fingerprint density at radius 2 is 2.00 bits per heavy atom. The first-order valence-corrected chi connectivity index (χ1v) is 8.85. The molecule has 0 unspecified atom stereocenters. The summed E-state index contributed by atoms with van der Waals surface area (Å²) in [4.78, 5) is 38.3. The van der Waals surface area contributed by atoms with Crippen LogP contribution in [0.3, 0.4) is 0 Å². The molecular weight excluding hydrogens is 352 g/mol. The minimum atomic E-state index is -0.985. The minimum absolute atomic E-state index is 0.0222. The number of carbonyl (C=O) groups is 3. The van der Waals surface area contributed by atoms with Crippen molar-refractivity contribution in [3.05, 3.63) is 23.8 Å². The van der Waals surface area contributed by atoms with Crippen LogP contribution in [0.15, 0.2) is 18.2 Å². The zero-order valence-corrected chi connectivity index (χ0v) is 15.7. The molecular formula is C18H24N4O5. The Bertz CT molecular complexity index is 768. The first-order chi connectivity index (χ1) is 12.8. The van der Waals surface area contributed by atoms with E-state index in [9.17, 15) is 14.4 Å². The SMILES string of the molecule is CC[C@@]1(C)NC(=O)N(NC(=O)CN(C)Cc2ccc3c(c2)OCCO3)C1=O. The number of likely N-dealkylation sites (N-methyl/N-ethyl adjacent to an activating group) is 1. The second-order valence-corrected chi connectivity index (χ2v) is 6.94. The second-order valence-electron chi connectivity index (χ2n) is 6.94. The summed E-state index contributed by atoms with van der Waals surface area (Å²) in [6.07, 6.45) is 0.438. The minimum Gasteiger partial charge on any atom is -0.486 e. The first-order valence-electron chi connectivity index (χ1n) is 8.85. The Balaban J connectivity index is 1.55. The molecule has 9 heteroatoms. The van der Waals surface area contributed by atoms with E-state index in [4.69, 9.17) is 9.47 Å². The molecule has 0 spiro atoms. The molecule has 9 nitrogen and oxygen atoms in total. The van der Waals surface area contributed by atoms with Gasteiger partial charge in [0.05, 0.1) is 6.54 Å². The summed E-state index contributed by atoms with van der Waals surface area (Å²) in [5.74, 6) is 0.495. The number of fused-ring (bicyclic) bond motifs is 1. The highest BCUT2D eigenvalue weighted by Gasteiger charge is 2.47. The van der Waals surface area contributed by atoms with Crippen LogP contribution in [0.25, 0.3) is 0 Å². The normalized spacial score (nSPS) is 21.4. The van der Waals surface area contributed by atoms with Crippen LogP contribution < -0.4 is 20.2 Å². The van der Waals surface area contributed by atoms with Gasteiger partial charge in [0, 0.05) is 6.54 Å². The number of hydrazine groups is 1. The van der Waals surface area contributed by atoms with Crippen molar-refractivity contribution in [1.29, 1.82) is 0 Å². The molecule has 2 heterocycles. The average molecular weight is 376 g/mol.